The van der Waals surface area contributed by atoms with Crippen molar-refractivity contribution in [3.05, 3.63) is 35.9 Å². The van der Waals surface area contributed by atoms with Crippen LogP contribution in [0.3, 0.4) is 0 Å². The first-order valence-electron chi connectivity index (χ1n) is 6.86. The number of aromatic amines is 1. The molecule has 3 N–H and O–H groups in total. The second-order valence-corrected chi connectivity index (χ2v) is 6.49. The van der Waals surface area contributed by atoms with Gasteiger partial charge in [-0.2, -0.15) is 5.10 Å². The van der Waals surface area contributed by atoms with Crippen molar-refractivity contribution in [1.29, 1.82) is 0 Å². The summed E-state index contributed by atoms with van der Waals surface area (Å²) in [5.74, 6) is 0.313. The Morgan fingerprint density at radius 1 is 1.19 bits per heavy atom. The molecule has 0 saturated carbocycles. The molecule has 0 bridgehead atoms. The minimum Gasteiger partial charge on any atom is -0.382 e. The van der Waals surface area contributed by atoms with Gasteiger partial charge < -0.3 is 14.8 Å². The lowest BCUT2D eigenvalue weighted by atomic mass is 10.1. The number of rotatable bonds is 7. The Hall–Kier alpha value is -1.62. The molecule has 0 amide bonds. The van der Waals surface area contributed by atoms with Crippen molar-refractivity contribution in [2.45, 2.75) is 20.0 Å². The van der Waals surface area contributed by atoms with Gasteiger partial charge in [0.2, 0.25) is 0 Å². The van der Waals surface area contributed by atoms with Gasteiger partial charge in [-0.15, -0.1) is 0 Å². The molecule has 0 aliphatic carbocycles. The lowest BCUT2D eigenvalue weighted by molar-refractivity contribution is 0.219. The molecule has 6 nitrogen and oxygen atoms in total. The highest BCUT2D eigenvalue weighted by atomic mass is 31.2. The van der Waals surface area contributed by atoms with Gasteiger partial charge in [0.05, 0.1) is 25.1 Å². The molecule has 0 unspecified atom stereocenters. The van der Waals surface area contributed by atoms with Crippen LogP contribution < -0.4 is 5.73 Å². The summed E-state index contributed by atoms with van der Waals surface area (Å²) >= 11 is 0. The van der Waals surface area contributed by atoms with Crippen LogP contribution in [-0.4, -0.2) is 23.4 Å². The Morgan fingerprint density at radius 3 is 2.38 bits per heavy atom. The van der Waals surface area contributed by atoms with E-state index in [-0.39, 0.29) is 6.16 Å². The van der Waals surface area contributed by atoms with Crippen LogP contribution in [-0.2, 0) is 19.8 Å². The molecule has 0 radical (unpaired) electrons. The highest BCUT2D eigenvalue weighted by Gasteiger charge is 2.28. The SMILES string of the molecule is CCOP(=O)(Cc1c(N)n[nH]c1-c1ccccc1)OCC. The fraction of sp³-hybridized carbons (Fsp3) is 0.357. The highest BCUT2D eigenvalue weighted by molar-refractivity contribution is 7.53. The molecular weight excluding hydrogens is 289 g/mol. The van der Waals surface area contributed by atoms with E-state index in [1.807, 2.05) is 30.3 Å². The third-order valence-corrected chi connectivity index (χ3v) is 4.97. The number of benzene rings is 1. The van der Waals surface area contributed by atoms with E-state index >= 15 is 0 Å². The minimum absolute atomic E-state index is 0.0985. The minimum atomic E-state index is -3.22. The lowest BCUT2D eigenvalue weighted by Gasteiger charge is -2.17. The summed E-state index contributed by atoms with van der Waals surface area (Å²) in [5.41, 5.74) is 8.23. The van der Waals surface area contributed by atoms with Crippen molar-refractivity contribution in [3.63, 3.8) is 0 Å². The number of hydrogen-bond donors (Lipinski definition) is 2. The lowest BCUT2D eigenvalue weighted by Crippen LogP contribution is -2.01. The van der Waals surface area contributed by atoms with Gasteiger partial charge in [0.25, 0.3) is 0 Å². The van der Waals surface area contributed by atoms with Crippen molar-refractivity contribution in [2.24, 2.45) is 0 Å². The first-order valence-corrected chi connectivity index (χ1v) is 8.58. The number of aromatic nitrogens is 2. The van der Waals surface area contributed by atoms with Gasteiger partial charge in [-0.1, -0.05) is 30.3 Å². The number of nitrogens with two attached hydrogens (primary N) is 1. The quantitative estimate of drug-likeness (QED) is 0.765. The van der Waals surface area contributed by atoms with Gasteiger partial charge in [0.15, 0.2) is 0 Å². The van der Waals surface area contributed by atoms with Crippen LogP contribution in [0.1, 0.15) is 19.4 Å². The Morgan fingerprint density at radius 2 is 1.81 bits per heavy atom. The first kappa shape index (κ1) is 15.8. The topological polar surface area (TPSA) is 90.2 Å². The third kappa shape index (κ3) is 3.73. The molecule has 0 saturated heterocycles. The number of nitrogen functional groups attached to an aromatic ring is 1. The van der Waals surface area contributed by atoms with Gasteiger partial charge in [0, 0.05) is 5.56 Å². The van der Waals surface area contributed by atoms with Gasteiger partial charge >= 0.3 is 7.60 Å². The second-order valence-electron chi connectivity index (χ2n) is 4.43. The number of H-pyrrole nitrogens is 1. The van der Waals surface area contributed by atoms with Crippen molar-refractivity contribution < 1.29 is 13.6 Å². The summed E-state index contributed by atoms with van der Waals surface area (Å²) in [6.07, 6.45) is 0.0985. The average Bonchev–Trinajstić information content (AvgIpc) is 2.81. The average molecular weight is 309 g/mol. The molecule has 21 heavy (non-hydrogen) atoms. The molecule has 0 aliphatic heterocycles. The van der Waals surface area contributed by atoms with E-state index in [9.17, 15) is 4.57 Å². The van der Waals surface area contributed by atoms with E-state index in [0.717, 1.165) is 11.3 Å². The summed E-state index contributed by atoms with van der Waals surface area (Å²) in [7, 11) is -3.22. The van der Waals surface area contributed by atoms with Gasteiger partial charge in [-0.05, 0) is 19.4 Å². The summed E-state index contributed by atoms with van der Waals surface area (Å²) in [6.45, 7) is 4.19. The molecule has 114 valence electrons. The zero-order chi connectivity index (χ0) is 15.3. The molecule has 1 heterocycles. The van der Waals surface area contributed by atoms with E-state index in [1.54, 1.807) is 13.8 Å². The van der Waals surface area contributed by atoms with Crippen LogP contribution in [0.4, 0.5) is 5.82 Å². The maximum absolute atomic E-state index is 12.7. The van der Waals surface area contributed by atoms with Crippen LogP contribution >= 0.6 is 7.60 Å². The predicted octanol–water partition coefficient (Wildman–Crippen LogP) is 3.43. The molecule has 7 heteroatoms. The van der Waals surface area contributed by atoms with E-state index < -0.39 is 7.60 Å². The fourth-order valence-electron chi connectivity index (χ4n) is 2.10. The molecule has 0 fully saturated rings. The predicted molar refractivity (Wildman–Crippen MR) is 83.0 cm³/mol. The third-order valence-electron chi connectivity index (χ3n) is 2.96. The smallest absolute Gasteiger partial charge is 0.335 e. The Kier molecular flexibility index (Phi) is 5.17. The van der Waals surface area contributed by atoms with E-state index in [1.165, 1.54) is 0 Å². The van der Waals surface area contributed by atoms with Crippen molar-refractivity contribution >= 4 is 13.4 Å². The summed E-state index contributed by atoms with van der Waals surface area (Å²) < 4.78 is 23.3. The standard InChI is InChI=1S/C14H20N3O3P/c1-3-19-21(18,20-4-2)10-12-13(16-17-14(12)15)11-8-6-5-7-9-11/h5-9H,3-4,10H2,1-2H3,(H3,15,16,17). The largest absolute Gasteiger partial charge is 0.382 e. The monoisotopic (exact) mass is 309 g/mol. The summed E-state index contributed by atoms with van der Waals surface area (Å²) in [4.78, 5) is 0. The van der Waals surface area contributed by atoms with Crippen molar-refractivity contribution in [2.75, 3.05) is 18.9 Å². The molecule has 0 atom stereocenters. The van der Waals surface area contributed by atoms with Gasteiger partial charge in [0.1, 0.15) is 5.82 Å². The first-order chi connectivity index (χ1) is 10.1. The number of anilines is 1. The molecular formula is C14H20N3O3P. The normalized spacial score (nSPS) is 11.7. The van der Waals surface area contributed by atoms with E-state index in [0.29, 0.717) is 24.6 Å². The number of hydrogen-bond acceptors (Lipinski definition) is 5. The molecule has 0 aliphatic rings. The van der Waals surface area contributed by atoms with Crippen molar-refractivity contribution in [3.8, 4) is 11.3 Å². The highest BCUT2D eigenvalue weighted by Crippen LogP contribution is 2.53. The zero-order valence-corrected chi connectivity index (χ0v) is 13.1. The van der Waals surface area contributed by atoms with Crippen LogP contribution in [0.2, 0.25) is 0 Å². The Labute approximate surface area is 124 Å². The van der Waals surface area contributed by atoms with Gasteiger partial charge in [-0.3, -0.25) is 9.66 Å². The molecule has 0 spiro atoms. The summed E-state index contributed by atoms with van der Waals surface area (Å²) in [5, 5.41) is 6.91. The molecule has 2 aromatic rings. The molecule has 1 aromatic carbocycles. The number of nitrogens with one attached hydrogen (secondary N) is 1. The van der Waals surface area contributed by atoms with Crippen LogP contribution in [0, 0.1) is 0 Å². The van der Waals surface area contributed by atoms with Crippen LogP contribution in [0.5, 0.6) is 0 Å². The zero-order valence-electron chi connectivity index (χ0n) is 12.2. The van der Waals surface area contributed by atoms with E-state index in [4.69, 9.17) is 14.8 Å². The fourth-order valence-corrected chi connectivity index (χ4v) is 3.85. The van der Waals surface area contributed by atoms with E-state index in [2.05, 4.69) is 10.2 Å². The van der Waals surface area contributed by atoms with Crippen LogP contribution in [0.25, 0.3) is 11.3 Å². The second kappa shape index (κ2) is 6.89. The number of nitrogens with zero attached hydrogens (tertiary/aromatic N) is 1. The van der Waals surface area contributed by atoms with Crippen LogP contribution in [0.15, 0.2) is 30.3 Å². The summed E-state index contributed by atoms with van der Waals surface area (Å²) in [6, 6.07) is 9.63. The molecule has 2 rings (SSSR count). The Bertz CT molecular complexity index is 618. The Balaban J connectivity index is 2.36. The maximum atomic E-state index is 12.7. The maximum Gasteiger partial charge on any atom is 0.335 e. The van der Waals surface area contributed by atoms with Gasteiger partial charge in [-0.25, -0.2) is 0 Å². The molecule has 1 aromatic heterocycles. The van der Waals surface area contributed by atoms with Crippen molar-refractivity contribution in [1.82, 2.24) is 10.2 Å².